The van der Waals surface area contributed by atoms with E-state index in [9.17, 15) is 0 Å². The van der Waals surface area contributed by atoms with Gasteiger partial charge in [-0.25, -0.2) is 4.98 Å². The molecule has 84 valence electrons. The van der Waals surface area contributed by atoms with Gasteiger partial charge in [-0.05, 0) is 19.3 Å². The molecule has 3 nitrogen and oxygen atoms in total. The second-order valence-electron chi connectivity index (χ2n) is 3.98. The topological polar surface area (TPSA) is 34.1 Å². The van der Waals surface area contributed by atoms with Gasteiger partial charge in [0, 0.05) is 38.1 Å². The maximum absolute atomic E-state index is 5.02. The molecule has 4 heteroatoms. The zero-order valence-corrected chi connectivity index (χ0v) is 9.98. The summed E-state index contributed by atoms with van der Waals surface area (Å²) < 4.78 is 5.02. The SMILES string of the molecule is COCCCc1nc(CNC2CC2)cs1. The van der Waals surface area contributed by atoms with Crippen molar-refractivity contribution in [3.63, 3.8) is 0 Å². The predicted molar refractivity (Wildman–Crippen MR) is 62.2 cm³/mol. The quantitative estimate of drug-likeness (QED) is 0.722. The van der Waals surface area contributed by atoms with Crippen LogP contribution in [0, 0.1) is 0 Å². The first kappa shape index (κ1) is 11.0. The molecule has 1 aliphatic carbocycles. The third kappa shape index (κ3) is 3.89. The molecule has 1 aromatic rings. The van der Waals surface area contributed by atoms with E-state index in [2.05, 4.69) is 15.7 Å². The molecule has 15 heavy (non-hydrogen) atoms. The fourth-order valence-electron chi connectivity index (χ4n) is 1.45. The van der Waals surface area contributed by atoms with Gasteiger partial charge in [0.25, 0.3) is 0 Å². The number of thiazole rings is 1. The van der Waals surface area contributed by atoms with Crippen LogP contribution >= 0.6 is 11.3 Å². The van der Waals surface area contributed by atoms with Gasteiger partial charge in [0.1, 0.15) is 0 Å². The third-order valence-electron chi connectivity index (χ3n) is 2.49. The van der Waals surface area contributed by atoms with Crippen LogP contribution < -0.4 is 5.32 Å². The molecule has 0 bridgehead atoms. The highest BCUT2D eigenvalue weighted by molar-refractivity contribution is 7.09. The molecule has 0 atom stereocenters. The fraction of sp³-hybridized carbons (Fsp3) is 0.727. The minimum absolute atomic E-state index is 0.767. The predicted octanol–water partition coefficient (Wildman–Crippen LogP) is 1.97. The first-order valence-electron chi connectivity index (χ1n) is 5.54. The number of nitrogens with zero attached hydrogens (tertiary/aromatic N) is 1. The molecular weight excluding hydrogens is 208 g/mol. The first-order chi connectivity index (χ1) is 7.38. The summed E-state index contributed by atoms with van der Waals surface area (Å²) in [6.45, 7) is 1.76. The van der Waals surface area contributed by atoms with Crippen molar-refractivity contribution in [2.75, 3.05) is 13.7 Å². The molecule has 1 saturated carbocycles. The van der Waals surface area contributed by atoms with Crippen LogP contribution in [0.5, 0.6) is 0 Å². The van der Waals surface area contributed by atoms with E-state index in [4.69, 9.17) is 4.74 Å². The Balaban J connectivity index is 1.70. The highest BCUT2D eigenvalue weighted by atomic mass is 32.1. The van der Waals surface area contributed by atoms with Crippen molar-refractivity contribution < 1.29 is 4.74 Å². The Morgan fingerprint density at radius 2 is 2.47 bits per heavy atom. The maximum atomic E-state index is 5.02. The van der Waals surface area contributed by atoms with Crippen molar-refractivity contribution in [2.24, 2.45) is 0 Å². The molecule has 1 N–H and O–H groups in total. The van der Waals surface area contributed by atoms with E-state index in [1.54, 1.807) is 18.4 Å². The maximum Gasteiger partial charge on any atom is 0.0929 e. The lowest BCUT2D eigenvalue weighted by Gasteiger charge is -1.98. The molecule has 0 amide bonds. The van der Waals surface area contributed by atoms with Gasteiger partial charge in [-0.2, -0.15) is 0 Å². The van der Waals surface area contributed by atoms with Crippen molar-refractivity contribution in [3.05, 3.63) is 16.1 Å². The molecular formula is C11H18N2OS. The van der Waals surface area contributed by atoms with Crippen molar-refractivity contribution in [3.8, 4) is 0 Å². The normalized spacial score (nSPS) is 15.8. The van der Waals surface area contributed by atoms with Crippen molar-refractivity contribution in [1.29, 1.82) is 0 Å². The molecule has 1 aromatic heterocycles. The zero-order valence-electron chi connectivity index (χ0n) is 9.16. The van der Waals surface area contributed by atoms with Gasteiger partial charge in [-0.3, -0.25) is 0 Å². The monoisotopic (exact) mass is 226 g/mol. The van der Waals surface area contributed by atoms with Gasteiger partial charge in [0.2, 0.25) is 0 Å². The van der Waals surface area contributed by atoms with E-state index in [-0.39, 0.29) is 0 Å². The molecule has 1 heterocycles. The van der Waals surface area contributed by atoms with Crippen molar-refractivity contribution in [1.82, 2.24) is 10.3 Å². The second-order valence-corrected chi connectivity index (χ2v) is 4.93. The summed E-state index contributed by atoms with van der Waals surface area (Å²) in [5.41, 5.74) is 1.19. The Bertz CT molecular complexity index is 297. The molecule has 0 saturated heterocycles. The van der Waals surface area contributed by atoms with Gasteiger partial charge in [0.05, 0.1) is 10.7 Å². The lowest BCUT2D eigenvalue weighted by Crippen LogP contribution is -2.15. The van der Waals surface area contributed by atoms with E-state index < -0.39 is 0 Å². The minimum Gasteiger partial charge on any atom is -0.385 e. The Hall–Kier alpha value is -0.450. The number of methoxy groups -OCH3 is 1. The standard InChI is InChI=1S/C11H18N2OS/c1-14-6-2-3-11-13-10(8-15-11)7-12-9-4-5-9/h8-9,12H,2-7H2,1H3. The molecule has 0 aromatic carbocycles. The molecule has 1 fully saturated rings. The highest BCUT2D eigenvalue weighted by Gasteiger charge is 2.20. The molecule has 0 radical (unpaired) electrons. The van der Waals surface area contributed by atoms with Crippen LogP contribution in [0.3, 0.4) is 0 Å². The van der Waals surface area contributed by atoms with Gasteiger partial charge >= 0.3 is 0 Å². The first-order valence-corrected chi connectivity index (χ1v) is 6.42. The van der Waals surface area contributed by atoms with E-state index in [1.807, 2.05) is 0 Å². The van der Waals surface area contributed by atoms with E-state index >= 15 is 0 Å². The number of rotatable bonds is 7. The summed E-state index contributed by atoms with van der Waals surface area (Å²) in [6.07, 6.45) is 4.79. The Morgan fingerprint density at radius 1 is 1.60 bits per heavy atom. The summed E-state index contributed by atoms with van der Waals surface area (Å²) in [7, 11) is 1.74. The zero-order chi connectivity index (χ0) is 10.5. The van der Waals surface area contributed by atoms with Gasteiger partial charge in [-0.1, -0.05) is 0 Å². The summed E-state index contributed by atoms with van der Waals surface area (Å²) >= 11 is 1.77. The second kappa shape index (κ2) is 5.58. The van der Waals surface area contributed by atoms with Gasteiger partial charge in [-0.15, -0.1) is 11.3 Å². The summed E-state index contributed by atoms with van der Waals surface area (Å²) in [5, 5.41) is 6.87. The summed E-state index contributed by atoms with van der Waals surface area (Å²) in [6, 6.07) is 0.767. The summed E-state index contributed by atoms with van der Waals surface area (Å²) in [5.74, 6) is 0. The average molecular weight is 226 g/mol. The Morgan fingerprint density at radius 3 is 3.20 bits per heavy atom. The number of aryl methyl sites for hydroxylation is 1. The fourth-order valence-corrected chi connectivity index (χ4v) is 2.29. The van der Waals surface area contributed by atoms with Crippen LogP contribution in [-0.2, 0) is 17.7 Å². The largest absolute Gasteiger partial charge is 0.385 e. The lowest BCUT2D eigenvalue weighted by molar-refractivity contribution is 0.195. The van der Waals surface area contributed by atoms with Crippen LogP contribution in [0.25, 0.3) is 0 Å². The number of nitrogens with one attached hydrogen (secondary N) is 1. The average Bonchev–Trinajstić information content (AvgIpc) is 2.97. The Labute approximate surface area is 94.9 Å². The molecule has 2 rings (SSSR count). The highest BCUT2D eigenvalue weighted by Crippen LogP contribution is 2.19. The molecule has 1 aliphatic rings. The van der Waals surface area contributed by atoms with Crippen LogP contribution in [0.15, 0.2) is 5.38 Å². The van der Waals surface area contributed by atoms with E-state index in [0.717, 1.165) is 32.0 Å². The van der Waals surface area contributed by atoms with Crippen LogP contribution in [0.1, 0.15) is 30.0 Å². The number of hydrogen-bond acceptors (Lipinski definition) is 4. The van der Waals surface area contributed by atoms with Crippen molar-refractivity contribution in [2.45, 2.75) is 38.3 Å². The molecule has 0 spiro atoms. The van der Waals surface area contributed by atoms with Gasteiger partial charge in [0.15, 0.2) is 0 Å². The third-order valence-corrected chi connectivity index (χ3v) is 3.45. The number of aromatic nitrogens is 1. The minimum atomic E-state index is 0.767. The van der Waals surface area contributed by atoms with Crippen LogP contribution in [0.2, 0.25) is 0 Å². The van der Waals surface area contributed by atoms with Crippen molar-refractivity contribution >= 4 is 11.3 Å². The van der Waals surface area contributed by atoms with Crippen LogP contribution in [-0.4, -0.2) is 24.7 Å². The number of ether oxygens (including phenoxy) is 1. The smallest absolute Gasteiger partial charge is 0.0929 e. The lowest BCUT2D eigenvalue weighted by atomic mass is 10.3. The van der Waals surface area contributed by atoms with Gasteiger partial charge < -0.3 is 10.1 Å². The Kier molecular flexibility index (Phi) is 4.11. The molecule has 0 unspecified atom stereocenters. The van der Waals surface area contributed by atoms with E-state index in [0.29, 0.717) is 0 Å². The summed E-state index contributed by atoms with van der Waals surface area (Å²) in [4.78, 5) is 4.58. The molecule has 0 aliphatic heterocycles. The van der Waals surface area contributed by atoms with Crippen LogP contribution in [0.4, 0.5) is 0 Å². The van der Waals surface area contributed by atoms with E-state index in [1.165, 1.54) is 23.5 Å². The number of hydrogen-bond donors (Lipinski definition) is 1.